The minimum atomic E-state index is -0.526. The first-order valence-electron chi connectivity index (χ1n) is 7.77. The quantitative estimate of drug-likeness (QED) is 0.675. The number of rotatable bonds is 10. The fourth-order valence-corrected chi connectivity index (χ4v) is 1.91. The molecule has 5 heteroatoms. The number of ether oxygens (including phenoxy) is 3. The molecule has 1 atom stereocenters. The van der Waals surface area contributed by atoms with E-state index in [9.17, 15) is 4.79 Å². The summed E-state index contributed by atoms with van der Waals surface area (Å²) in [6, 6.07) is 7.32. The summed E-state index contributed by atoms with van der Waals surface area (Å²) in [5.74, 6) is 1.09. The maximum atomic E-state index is 12.2. The fourth-order valence-electron chi connectivity index (χ4n) is 1.91. The van der Waals surface area contributed by atoms with E-state index in [1.807, 2.05) is 39.0 Å². The summed E-state index contributed by atoms with van der Waals surface area (Å²) in [6.45, 7) is 7.13. The van der Waals surface area contributed by atoms with Gasteiger partial charge in [-0.3, -0.25) is 4.79 Å². The Bertz CT molecular complexity index is 448. The van der Waals surface area contributed by atoms with E-state index in [0.717, 1.165) is 6.42 Å². The molecule has 0 spiro atoms. The van der Waals surface area contributed by atoms with Gasteiger partial charge in [-0.15, -0.1) is 0 Å². The van der Waals surface area contributed by atoms with Gasteiger partial charge in [0.05, 0.1) is 13.2 Å². The summed E-state index contributed by atoms with van der Waals surface area (Å²) in [5.41, 5.74) is 0. The Balaban J connectivity index is 2.44. The van der Waals surface area contributed by atoms with E-state index in [1.54, 1.807) is 13.2 Å². The highest BCUT2D eigenvalue weighted by molar-refractivity contribution is 5.81. The molecule has 1 aromatic carbocycles. The Morgan fingerprint density at radius 1 is 1.23 bits per heavy atom. The molecule has 0 heterocycles. The molecule has 0 unspecified atom stereocenters. The molecule has 0 bridgehead atoms. The smallest absolute Gasteiger partial charge is 0.261 e. The molecule has 124 valence electrons. The van der Waals surface area contributed by atoms with Crippen molar-refractivity contribution in [3.8, 4) is 11.5 Å². The number of nitrogens with one attached hydrogen (secondary N) is 1. The van der Waals surface area contributed by atoms with Crippen molar-refractivity contribution in [2.75, 3.05) is 20.3 Å². The lowest BCUT2D eigenvalue weighted by Gasteiger charge is -2.19. The second kappa shape index (κ2) is 10.1. The summed E-state index contributed by atoms with van der Waals surface area (Å²) in [5, 5.41) is 2.88. The highest BCUT2D eigenvalue weighted by Crippen LogP contribution is 2.27. The van der Waals surface area contributed by atoms with E-state index in [2.05, 4.69) is 5.32 Å². The fraction of sp³-hybridized carbons (Fsp3) is 0.588. The maximum absolute atomic E-state index is 12.2. The van der Waals surface area contributed by atoms with Gasteiger partial charge in [-0.1, -0.05) is 19.1 Å². The van der Waals surface area contributed by atoms with E-state index < -0.39 is 6.10 Å². The van der Waals surface area contributed by atoms with Crippen LogP contribution < -0.4 is 14.8 Å². The van der Waals surface area contributed by atoms with Crippen LogP contribution in [0.2, 0.25) is 0 Å². The van der Waals surface area contributed by atoms with Crippen molar-refractivity contribution in [2.45, 2.75) is 45.8 Å². The van der Waals surface area contributed by atoms with Gasteiger partial charge in [0.1, 0.15) is 0 Å². The normalized spacial score (nSPS) is 12.0. The second-order valence-corrected chi connectivity index (χ2v) is 5.23. The molecule has 1 amide bonds. The molecule has 0 saturated heterocycles. The number of carbonyl (C=O) groups is 1. The summed E-state index contributed by atoms with van der Waals surface area (Å²) in [4.78, 5) is 12.2. The van der Waals surface area contributed by atoms with Crippen LogP contribution in [-0.2, 0) is 9.53 Å². The van der Waals surface area contributed by atoms with Crippen molar-refractivity contribution in [3.63, 3.8) is 0 Å². The van der Waals surface area contributed by atoms with Gasteiger partial charge < -0.3 is 19.5 Å². The van der Waals surface area contributed by atoms with Crippen LogP contribution >= 0.6 is 0 Å². The third kappa shape index (κ3) is 6.35. The highest BCUT2D eigenvalue weighted by atomic mass is 16.5. The first-order valence-corrected chi connectivity index (χ1v) is 7.77. The molecule has 5 nitrogen and oxygen atoms in total. The first-order chi connectivity index (χ1) is 10.6. The molecule has 0 saturated carbocycles. The van der Waals surface area contributed by atoms with Crippen LogP contribution in [0.5, 0.6) is 11.5 Å². The van der Waals surface area contributed by atoms with Crippen LogP contribution in [-0.4, -0.2) is 38.4 Å². The molecule has 1 N–H and O–H groups in total. The number of carbonyl (C=O) groups excluding carboxylic acids is 1. The van der Waals surface area contributed by atoms with Crippen LogP contribution in [0.25, 0.3) is 0 Å². The summed E-state index contributed by atoms with van der Waals surface area (Å²) in [6.07, 6.45) is 1.07. The third-order valence-corrected chi connectivity index (χ3v) is 3.07. The summed E-state index contributed by atoms with van der Waals surface area (Å²) < 4.78 is 16.4. The standard InChI is InChI=1S/C17H27NO4/c1-5-14(17(19)18-11-8-12-21-13(2)3)22-16-10-7-6-9-15(16)20-4/h6-7,9-10,13-14H,5,8,11-12H2,1-4H3,(H,18,19)/t14-/m0/s1. The SMILES string of the molecule is CC[C@H](Oc1ccccc1OC)C(=O)NCCCOC(C)C. The number of amides is 1. The molecule has 1 rings (SSSR count). The Morgan fingerprint density at radius 3 is 2.50 bits per heavy atom. The van der Waals surface area contributed by atoms with Gasteiger partial charge in [0.15, 0.2) is 17.6 Å². The summed E-state index contributed by atoms with van der Waals surface area (Å²) in [7, 11) is 1.58. The second-order valence-electron chi connectivity index (χ2n) is 5.23. The van der Waals surface area contributed by atoms with Gasteiger partial charge in [0, 0.05) is 13.2 Å². The van der Waals surface area contributed by atoms with E-state index in [1.165, 1.54) is 0 Å². The van der Waals surface area contributed by atoms with Gasteiger partial charge in [-0.25, -0.2) is 0 Å². The van der Waals surface area contributed by atoms with E-state index in [4.69, 9.17) is 14.2 Å². The molecular formula is C17H27NO4. The van der Waals surface area contributed by atoms with Gasteiger partial charge in [-0.05, 0) is 38.8 Å². The number of benzene rings is 1. The monoisotopic (exact) mass is 309 g/mol. The predicted octanol–water partition coefficient (Wildman–Crippen LogP) is 2.78. The Labute approximate surface area is 132 Å². The van der Waals surface area contributed by atoms with E-state index in [-0.39, 0.29) is 12.0 Å². The number of para-hydroxylation sites is 2. The van der Waals surface area contributed by atoms with Crippen molar-refractivity contribution < 1.29 is 19.0 Å². The van der Waals surface area contributed by atoms with Crippen LogP contribution in [0, 0.1) is 0 Å². The highest BCUT2D eigenvalue weighted by Gasteiger charge is 2.19. The lowest BCUT2D eigenvalue weighted by atomic mass is 10.2. The molecule has 22 heavy (non-hydrogen) atoms. The van der Waals surface area contributed by atoms with Crippen molar-refractivity contribution in [1.29, 1.82) is 0 Å². The van der Waals surface area contributed by atoms with Crippen molar-refractivity contribution in [3.05, 3.63) is 24.3 Å². The molecule has 0 radical (unpaired) electrons. The minimum absolute atomic E-state index is 0.113. The Kier molecular flexibility index (Phi) is 8.36. The van der Waals surface area contributed by atoms with Gasteiger partial charge in [0.25, 0.3) is 5.91 Å². The van der Waals surface area contributed by atoms with Gasteiger partial charge in [-0.2, -0.15) is 0 Å². The van der Waals surface area contributed by atoms with E-state index in [0.29, 0.717) is 31.1 Å². The van der Waals surface area contributed by atoms with Crippen LogP contribution in [0.15, 0.2) is 24.3 Å². The Hall–Kier alpha value is -1.75. The predicted molar refractivity (Wildman–Crippen MR) is 86.4 cm³/mol. The largest absolute Gasteiger partial charge is 0.493 e. The Morgan fingerprint density at radius 2 is 1.91 bits per heavy atom. The molecule has 1 aromatic rings. The van der Waals surface area contributed by atoms with Crippen molar-refractivity contribution in [2.24, 2.45) is 0 Å². The zero-order valence-corrected chi connectivity index (χ0v) is 13.9. The van der Waals surface area contributed by atoms with Crippen LogP contribution in [0.3, 0.4) is 0 Å². The number of hydrogen-bond acceptors (Lipinski definition) is 4. The van der Waals surface area contributed by atoms with Gasteiger partial charge in [0.2, 0.25) is 0 Å². The lowest BCUT2D eigenvalue weighted by Crippen LogP contribution is -2.38. The number of hydrogen-bond donors (Lipinski definition) is 1. The van der Waals surface area contributed by atoms with E-state index >= 15 is 0 Å². The average Bonchev–Trinajstić information content (AvgIpc) is 2.52. The molecule has 0 aliphatic heterocycles. The topological polar surface area (TPSA) is 56.8 Å². The molecule has 0 fully saturated rings. The molecule has 0 aliphatic rings. The number of methoxy groups -OCH3 is 1. The van der Waals surface area contributed by atoms with Crippen LogP contribution in [0.1, 0.15) is 33.6 Å². The third-order valence-electron chi connectivity index (χ3n) is 3.07. The lowest BCUT2D eigenvalue weighted by molar-refractivity contribution is -0.128. The van der Waals surface area contributed by atoms with Crippen molar-refractivity contribution in [1.82, 2.24) is 5.32 Å². The average molecular weight is 309 g/mol. The zero-order valence-electron chi connectivity index (χ0n) is 13.9. The zero-order chi connectivity index (χ0) is 16.4. The summed E-state index contributed by atoms with van der Waals surface area (Å²) >= 11 is 0. The van der Waals surface area contributed by atoms with Gasteiger partial charge >= 0.3 is 0 Å². The molecular weight excluding hydrogens is 282 g/mol. The van der Waals surface area contributed by atoms with Crippen LogP contribution in [0.4, 0.5) is 0 Å². The van der Waals surface area contributed by atoms with Crippen molar-refractivity contribution >= 4 is 5.91 Å². The minimum Gasteiger partial charge on any atom is -0.493 e. The maximum Gasteiger partial charge on any atom is 0.261 e. The molecule has 0 aromatic heterocycles. The first kappa shape index (κ1) is 18.3. The molecule has 0 aliphatic carbocycles.